The third-order valence-corrected chi connectivity index (χ3v) is 10.6. The van der Waals surface area contributed by atoms with Crippen molar-refractivity contribution in [3.8, 4) is 0 Å². The van der Waals surface area contributed by atoms with Gasteiger partial charge in [-0.3, -0.25) is 4.57 Å². The van der Waals surface area contributed by atoms with Crippen molar-refractivity contribution < 1.29 is 22.8 Å². The first-order valence-corrected chi connectivity index (χ1v) is 12.2. The summed E-state index contributed by atoms with van der Waals surface area (Å²) in [5, 5.41) is 0.171. The second-order valence-electron chi connectivity index (χ2n) is 6.45. The van der Waals surface area contributed by atoms with E-state index in [0.717, 1.165) is 0 Å². The molecule has 0 bridgehead atoms. The highest BCUT2D eigenvalue weighted by Gasteiger charge is 2.37. The van der Waals surface area contributed by atoms with Crippen molar-refractivity contribution in [3.63, 3.8) is 0 Å². The molecule has 0 rings (SSSR count). The molecule has 21 heavy (non-hydrogen) atoms. The van der Waals surface area contributed by atoms with E-state index in [1.165, 1.54) is 0 Å². The van der Waals surface area contributed by atoms with Crippen molar-refractivity contribution in [2.45, 2.75) is 65.5 Å². The van der Waals surface area contributed by atoms with Gasteiger partial charge in [-0.05, 0) is 38.9 Å². The van der Waals surface area contributed by atoms with Gasteiger partial charge in [-0.25, -0.2) is 0 Å². The van der Waals surface area contributed by atoms with E-state index in [0.29, 0.717) is 26.4 Å². The molecular formula is C14H33O5PSi. The summed E-state index contributed by atoms with van der Waals surface area (Å²) in [6.07, 6.45) is 0. The Kier molecular flexibility index (Phi) is 8.92. The van der Waals surface area contributed by atoms with Crippen LogP contribution in [0.5, 0.6) is 0 Å². The summed E-state index contributed by atoms with van der Waals surface area (Å²) < 4.78 is 34.6. The Morgan fingerprint density at radius 2 is 1.52 bits per heavy atom. The Hall–Kier alpha value is 0.287. The SMILES string of the molecule is CCOP(=O)(OCC)C(C)OCCO[Si](C)(C)C(C)(C)C. The lowest BCUT2D eigenvalue weighted by Crippen LogP contribution is -2.41. The highest BCUT2D eigenvalue weighted by Crippen LogP contribution is 2.53. The Morgan fingerprint density at radius 3 is 1.90 bits per heavy atom. The van der Waals surface area contributed by atoms with E-state index in [2.05, 4.69) is 33.9 Å². The molecule has 0 aliphatic carbocycles. The fourth-order valence-electron chi connectivity index (χ4n) is 1.43. The largest absolute Gasteiger partial charge is 0.414 e. The van der Waals surface area contributed by atoms with Crippen LogP contribution in [0.4, 0.5) is 0 Å². The smallest absolute Gasteiger partial charge is 0.358 e. The average Bonchev–Trinajstić information content (AvgIpc) is 2.33. The first-order valence-electron chi connectivity index (χ1n) is 7.64. The molecule has 1 atom stereocenters. The summed E-state index contributed by atoms with van der Waals surface area (Å²) in [6.45, 7) is 17.8. The molecule has 5 nitrogen and oxygen atoms in total. The minimum Gasteiger partial charge on any atom is -0.414 e. The van der Waals surface area contributed by atoms with Gasteiger partial charge < -0.3 is 18.2 Å². The molecule has 0 heterocycles. The number of hydrogen-bond acceptors (Lipinski definition) is 5. The zero-order valence-corrected chi connectivity index (χ0v) is 16.8. The van der Waals surface area contributed by atoms with Gasteiger partial charge in [-0.2, -0.15) is 0 Å². The molecule has 0 radical (unpaired) electrons. The first-order chi connectivity index (χ1) is 9.50. The minimum absolute atomic E-state index is 0.171. The maximum absolute atomic E-state index is 12.5. The van der Waals surface area contributed by atoms with Gasteiger partial charge in [-0.15, -0.1) is 0 Å². The molecule has 1 unspecified atom stereocenters. The van der Waals surface area contributed by atoms with Gasteiger partial charge in [0.1, 0.15) is 0 Å². The van der Waals surface area contributed by atoms with Crippen molar-refractivity contribution in [1.29, 1.82) is 0 Å². The number of rotatable bonds is 10. The Bertz CT molecular complexity index is 331. The summed E-state index contributed by atoms with van der Waals surface area (Å²) >= 11 is 0. The Balaban J connectivity index is 4.31. The average molecular weight is 340 g/mol. The van der Waals surface area contributed by atoms with Gasteiger partial charge in [0.25, 0.3) is 0 Å². The third kappa shape index (κ3) is 6.93. The predicted octanol–water partition coefficient (Wildman–Crippen LogP) is 4.64. The van der Waals surface area contributed by atoms with Crippen molar-refractivity contribution >= 4 is 15.9 Å². The van der Waals surface area contributed by atoms with E-state index < -0.39 is 21.8 Å². The summed E-state index contributed by atoms with van der Waals surface area (Å²) in [5.41, 5.74) is 0. The van der Waals surface area contributed by atoms with E-state index >= 15 is 0 Å². The normalized spacial score (nSPS) is 15.2. The highest BCUT2D eigenvalue weighted by molar-refractivity contribution is 7.54. The molecule has 0 aromatic rings. The molecule has 0 aromatic carbocycles. The van der Waals surface area contributed by atoms with Crippen molar-refractivity contribution in [1.82, 2.24) is 0 Å². The molecule has 7 heteroatoms. The van der Waals surface area contributed by atoms with E-state index in [1.54, 1.807) is 20.8 Å². The summed E-state index contributed by atoms with van der Waals surface area (Å²) in [4.78, 5) is 0. The van der Waals surface area contributed by atoms with Gasteiger partial charge in [0, 0.05) is 0 Å². The van der Waals surface area contributed by atoms with E-state index in [9.17, 15) is 4.57 Å². The number of hydrogen-bond donors (Lipinski definition) is 0. The molecular weight excluding hydrogens is 307 g/mol. The second-order valence-corrected chi connectivity index (χ2v) is 13.6. The topological polar surface area (TPSA) is 54.0 Å². The quantitative estimate of drug-likeness (QED) is 0.329. The fraction of sp³-hybridized carbons (Fsp3) is 1.00. The Labute approximate surface area is 131 Å². The van der Waals surface area contributed by atoms with Crippen LogP contribution in [0.1, 0.15) is 41.5 Å². The van der Waals surface area contributed by atoms with Gasteiger partial charge in [0.2, 0.25) is 0 Å². The van der Waals surface area contributed by atoms with Crippen LogP contribution in [0.15, 0.2) is 0 Å². The molecule has 0 saturated carbocycles. The Morgan fingerprint density at radius 1 is 1.05 bits per heavy atom. The van der Waals surface area contributed by atoms with Crippen LogP contribution >= 0.6 is 7.60 Å². The lowest BCUT2D eigenvalue weighted by atomic mass is 10.2. The van der Waals surface area contributed by atoms with E-state index in [4.69, 9.17) is 18.2 Å². The summed E-state index contributed by atoms with van der Waals surface area (Å²) in [7, 11) is -4.95. The summed E-state index contributed by atoms with van der Waals surface area (Å²) in [5.74, 6) is -0.583. The molecule has 0 aliphatic heterocycles. The predicted molar refractivity (Wildman–Crippen MR) is 89.4 cm³/mol. The van der Waals surface area contributed by atoms with E-state index in [1.807, 2.05) is 0 Å². The molecule has 0 fully saturated rings. The number of ether oxygens (including phenoxy) is 1. The van der Waals surface area contributed by atoms with Gasteiger partial charge >= 0.3 is 7.60 Å². The fourth-order valence-corrected chi connectivity index (χ4v) is 3.96. The minimum atomic E-state index is -3.19. The van der Waals surface area contributed by atoms with Crippen LogP contribution in [-0.2, 0) is 22.8 Å². The van der Waals surface area contributed by atoms with Crippen LogP contribution in [0.3, 0.4) is 0 Å². The van der Waals surface area contributed by atoms with Gasteiger partial charge in [0.15, 0.2) is 14.2 Å². The molecule has 0 aliphatic rings. The summed E-state index contributed by atoms with van der Waals surface area (Å²) in [6, 6.07) is 0. The zero-order valence-electron chi connectivity index (χ0n) is 14.9. The van der Waals surface area contributed by atoms with Crippen LogP contribution in [-0.4, -0.2) is 40.6 Å². The van der Waals surface area contributed by atoms with Crippen molar-refractivity contribution in [2.75, 3.05) is 26.4 Å². The molecule has 128 valence electrons. The second kappa shape index (κ2) is 8.80. The first kappa shape index (κ1) is 21.3. The third-order valence-electron chi connectivity index (χ3n) is 3.77. The monoisotopic (exact) mass is 340 g/mol. The zero-order chi connectivity index (χ0) is 16.7. The molecule has 0 saturated heterocycles. The van der Waals surface area contributed by atoms with Crippen molar-refractivity contribution in [2.24, 2.45) is 0 Å². The highest BCUT2D eigenvalue weighted by atomic mass is 31.2. The van der Waals surface area contributed by atoms with Gasteiger partial charge in [-0.1, -0.05) is 20.8 Å². The lowest BCUT2D eigenvalue weighted by molar-refractivity contribution is 0.0574. The van der Waals surface area contributed by atoms with Crippen LogP contribution in [0.2, 0.25) is 18.1 Å². The van der Waals surface area contributed by atoms with Crippen LogP contribution in [0, 0.1) is 0 Å². The molecule has 0 spiro atoms. The van der Waals surface area contributed by atoms with Crippen molar-refractivity contribution in [3.05, 3.63) is 0 Å². The van der Waals surface area contributed by atoms with Crippen LogP contribution < -0.4 is 0 Å². The van der Waals surface area contributed by atoms with E-state index in [-0.39, 0.29) is 5.04 Å². The van der Waals surface area contributed by atoms with Crippen LogP contribution in [0.25, 0.3) is 0 Å². The molecule has 0 amide bonds. The maximum atomic E-state index is 12.5. The molecule has 0 N–H and O–H groups in total. The van der Waals surface area contributed by atoms with Gasteiger partial charge in [0.05, 0.1) is 26.4 Å². The molecule has 0 aromatic heterocycles. The standard InChI is InChI=1S/C14H33O5PSi/c1-9-17-20(15,18-10-2)13(3)16-11-12-19-21(7,8)14(4,5)6/h13H,9-12H2,1-8H3. The maximum Gasteiger partial charge on any atom is 0.358 e. The lowest BCUT2D eigenvalue weighted by Gasteiger charge is -2.36.